The fourth-order valence-electron chi connectivity index (χ4n) is 1.79. The molecule has 16 heavy (non-hydrogen) atoms. The Balaban J connectivity index is 3.05. The summed E-state index contributed by atoms with van der Waals surface area (Å²) in [4.78, 5) is 0. The normalized spacial score (nSPS) is 13.8. The fourth-order valence-corrected chi connectivity index (χ4v) is 1.79. The van der Waals surface area contributed by atoms with Crippen LogP contribution in [-0.2, 0) is 11.8 Å². The van der Waals surface area contributed by atoms with Crippen LogP contribution in [0.5, 0.6) is 5.75 Å². The summed E-state index contributed by atoms with van der Waals surface area (Å²) in [6.07, 6.45) is 1.67. The molecule has 1 rings (SSSR count). The van der Waals surface area contributed by atoms with Crippen molar-refractivity contribution >= 4 is 0 Å². The van der Waals surface area contributed by atoms with Crippen molar-refractivity contribution in [2.24, 2.45) is 5.73 Å². The third kappa shape index (κ3) is 2.99. The monoisotopic (exact) mass is 221 g/mol. The Morgan fingerprint density at radius 2 is 1.94 bits per heavy atom. The Morgan fingerprint density at radius 3 is 2.44 bits per heavy atom. The molecule has 1 aromatic rings. The highest BCUT2D eigenvalue weighted by Crippen LogP contribution is 2.33. The number of hydrogen-bond donors (Lipinski definition) is 2. The number of para-hydroxylation sites is 1. The van der Waals surface area contributed by atoms with E-state index in [1.807, 2.05) is 18.2 Å². The molecule has 0 aliphatic heterocycles. The van der Waals surface area contributed by atoms with Gasteiger partial charge in [-0.05, 0) is 29.4 Å². The van der Waals surface area contributed by atoms with Crippen molar-refractivity contribution in [2.75, 3.05) is 0 Å². The largest absolute Gasteiger partial charge is 0.507 e. The summed E-state index contributed by atoms with van der Waals surface area (Å²) >= 11 is 0. The van der Waals surface area contributed by atoms with Gasteiger partial charge < -0.3 is 10.8 Å². The summed E-state index contributed by atoms with van der Waals surface area (Å²) in [5.74, 6) is 0.416. The SMILES string of the molecule is CCC(N)Cc1cccc(C(C)(C)C)c1O. The van der Waals surface area contributed by atoms with Crippen molar-refractivity contribution in [1.29, 1.82) is 0 Å². The van der Waals surface area contributed by atoms with E-state index in [2.05, 4.69) is 27.7 Å². The first-order valence-electron chi connectivity index (χ1n) is 5.93. The average Bonchev–Trinajstić information content (AvgIpc) is 2.19. The van der Waals surface area contributed by atoms with E-state index in [0.29, 0.717) is 5.75 Å². The summed E-state index contributed by atoms with van der Waals surface area (Å²) in [7, 11) is 0. The second-order valence-electron chi connectivity index (χ2n) is 5.44. The van der Waals surface area contributed by atoms with Gasteiger partial charge in [0.1, 0.15) is 5.75 Å². The number of rotatable bonds is 3. The van der Waals surface area contributed by atoms with Crippen LogP contribution < -0.4 is 5.73 Å². The predicted octanol–water partition coefficient (Wildman–Crippen LogP) is 2.97. The molecule has 2 nitrogen and oxygen atoms in total. The molecule has 0 radical (unpaired) electrons. The van der Waals surface area contributed by atoms with Gasteiger partial charge in [-0.2, -0.15) is 0 Å². The van der Waals surface area contributed by atoms with E-state index in [9.17, 15) is 5.11 Å². The van der Waals surface area contributed by atoms with Crippen LogP contribution in [0, 0.1) is 0 Å². The zero-order valence-electron chi connectivity index (χ0n) is 10.7. The first-order chi connectivity index (χ1) is 7.36. The molecule has 2 heteroatoms. The quantitative estimate of drug-likeness (QED) is 0.824. The molecule has 1 unspecified atom stereocenters. The van der Waals surface area contributed by atoms with Gasteiger partial charge in [-0.1, -0.05) is 45.9 Å². The minimum atomic E-state index is -0.0313. The second-order valence-corrected chi connectivity index (χ2v) is 5.44. The summed E-state index contributed by atoms with van der Waals surface area (Å²) in [6.45, 7) is 8.37. The molecule has 90 valence electrons. The molecule has 1 atom stereocenters. The van der Waals surface area contributed by atoms with E-state index >= 15 is 0 Å². The van der Waals surface area contributed by atoms with Crippen molar-refractivity contribution in [3.05, 3.63) is 29.3 Å². The molecule has 3 N–H and O–H groups in total. The molecular weight excluding hydrogens is 198 g/mol. The number of hydrogen-bond acceptors (Lipinski definition) is 2. The van der Waals surface area contributed by atoms with Crippen LogP contribution in [0.2, 0.25) is 0 Å². The molecule has 0 spiro atoms. The maximum Gasteiger partial charge on any atom is 0.122 e. The number of phenols is 1. The first kappa shape index (κ1) is 13.0. The van der Waals surface area contributed by atoms with Crippen molar-refractivity contribution in [3.63, 3.8) is 0 Å². The lowest BCUT2D eigenvalue weighted by atomic mass is 9.84. The third-order valence-electron chi connectivity index (χ3n) is 2.93. The number of aromatic hydroxyl groups is 1. The Bertz CT molecular complexity index is 352. The molecule has 0 aliphatic carbocycles. The topological polar surface area (TPSA) is 46.2 Å². The molecule has 0 fully saturated rings. The van der Waals surface area contributed by atoms with Crippen LogP contribution in [0.15, 0.2) is 18.2 Å². The van der Waals surface area contributed by atoms with Gasteiger partial charge in [0.25, 0.3) is 0 Å². The molecule has 1 aromatic carbocycles. The lowest BCUT2D eigenvalue weighted by molar-refractivity contribution is 0.437. The number of nitrogens with two attached hydrogens (primary N) is 1. The summed E-state index contributed by atoms with van der Waals surface area (Å²) in [5.41, 5.74) is 7.84. The Labute approximate surface area is 98.5 Å². The third-order valence-corrected chi connectivity index (χ3v) is 2.93. The lowest BCUT2D eigenvalue weighted by Crippen LogP contribution is -2.22. The van der Waals surface area contributed by atoms with Gasteiger partial charge in [0, 0.05) is 6.04 Å². The van der Waals surface area contributed by atoms with E-state index < -0.39 is 0 Å². The summed E-state index contributed by atoms with van der Waals surface area (Å²) in [5, 5.41) is 10.2. The maximum atomic E-state index is 10.2. The number of phenolic OH excluding ortho intramolecular Hbond substituents is 1. The molecule has 0 saturated carbocycles. The van der Waals surface area contributed by atoms with Crippen LogP contribution in [-0.4, -0.2) is 11.1 Å². The van der Waals surface area contributed by atoms with Gasteiger partial charge in [-0.25, -0.2) is 0 Å². The van der Waals surface area contributed by atoms with E-state index in [-0.39, 0.29) is 11.5 Å². The van der Waals surface area contributed by atoms with Crippen LogP contribution in [0.25, 0.3) is 0 Å². The second kappa shape index (κ2) is 4.88. The highest BCUT2D eigenvalue weighted by atomic mass is 16.3. The van der Waals surface area contributed by atoms with Gasteiger partial charge in [0.15, 0.2) is 0 Å². The molecule has 0 bridgehead atoms. The lowest BCUT2D eigenvalue weighted by Gasteiger charge is -2.22. The molecule has 0 heterocycles. The van der Waals surface area contributed by atoms with Gasteiger partial charge in [-0.3, -0.25) is 0 Å². The zero-order chi connectivity index (χ0) is 12.3. The molecule has 0 aliphatic rings. The highest BCUT2D eigenvalue weighted by molar-refractivity contribution is 5.44. The van der Waals surface area contributed by atoms with E-state index in [0.717, 1.165) is 24.0 Å². The molecular formula is C14H23NO. The van der Waals surface area contributed by atoms with Crippen molar-refractivity contribution in [2.45, 2.75) is 52.0 Å². The molecule has 0 aromatic heterocycles. The standard InChI is InChI=1S/C14H23NO/c1-5-11(15)9-10-7-6-8-12(13(10)16)14(2,3)4/h6-8,11,16H,5,9,15H2,1-4H3. The van der Waals surface area contributed by atoms with Crippen molar-refractivity contribution in [1.82, 2.24) is 0 Å². The van der Waals surface area contributed by atoms with Crippen LogP contribution >= 0.6 is 0 Å². The van der Waals surface area contributed by atoms with Crippen LogP contribution in [0.4, 0.5) is 0 Å². The van der Waals surface area contributed by atoms with Crippen LogP contribution in [0.3, 0.4) is 0 Å². The van der Waals surface area contributed by atoms with E-state index in [1.54, 1.807) is 0 Å². The fraction of sp³-hybridized carbons (Fsp3) is 0.571. The Kier molecular flexibility index (Phi) is 3.98. The smallest absolute Gasteiger partial charge is 0.122 e. The summed E-state index contributed by atoms with van der Waals surface area (Å²) in [6, 6.07) is 6.06. The van der Waals surface area contributed by atoms with Gasteiger partial charge in [0.05, 0.1) is 0 Å². The van der Waals surface area contributed by atoms with Crippen LogP contribution in [0.1, 0.15) is 45.2 Å². The number of benzene rings is 1. The molecule has 0 saturated heterocycles. The minimum Gasteiger partial charge on any atom is -0.507 e. The Morgan fingerprint density at radius 1 is 1.31 bits per heavy atom. The van der Waals surface area contributed by atoms with E-state index in [1.165, 1.54) is 0 Å². The highest BCUT2D eigenvalue weighted by Gasteiger charge is 2.20. The average molecular weight is 221 g/mol. The van der Waals surface area contributed by atoms with Crippen molar-refractivity contribution in [3.8, 4) is 5.75 Å². The predicted molar refractivity (Wildman–Crippen MR) is 68.8 cm³/mol. The van der Waals surface area contributed by atoms with Gasteiger partial charge >= 0.3 is 0 Å². The Hall–Kier alpha value is -1.02. The van der Waals surface area contributed by atoms with E-state index in [4.69, 9.17) is 5.73 Å². The molecule has 0 amide bonds. The summed E-state index contributed by atoms with van der Waals surface area (Å²) < 4.78 is 0. The van der Waals surface area contributed by atoms with Gasteiger partial charge in [-0.15, -0.1) is 0 Å². The van der Waals surface area contributed by atoms with Gasteiger partial charge in [0.2, 0.25) is 0 Å². The van der Waals surface area contributed by atoms with Crippen molar-refractivity contribution < 1.29 is 5.11 Å². The first-order valence-corrected chi connectivity index (χ1v) is 5.93. The zero-order valence-corrected chi connectivity index (χ0v) is 10.7. The maximum absolute atomic E-state index is 10.2. The minimum absolute atomic E-state index is 0.0313.